The predicted octanol–water partition coefficient (Wildman–Crippen LogP) is 4.30. The molecular formula is C15H22BrNO. The number of unbranched alkanes of at least 4 members (excludes halogenated alkanes) is 1. The van der Waals surface area contributed by atoms with Crippen molar-refractivity contribution in [1.29, 1.82) is 0 Å². The van der Waals surface area contributed by atoms with E-state index in [0.29, 0.717) is 0 Å². The monoisotopic (exact) mass is 311 g/mol. The summed E-state index contributed by atoms with van der Waals surface area (Å²) in [7, 11) is 0. The van der Waals surface area contributed by atoms with Crippen LogP contribution in [0.4, 0.5) is 5.69 Å². The fourth-order valence-corrected chi connectivity index (χ4v) is 1.99. The summed E-state index contributed by atoms with van der Waals surface area (Å²) in [5.74, 6) is 0.113. The number of anilines is 1. The number of amides is 1. The van der Waals surface area contributed by atoms with Crippen LogP contribution in [0.1, 0.15) is 39.2 Å². The molecule has 0 unspecified atom stereocenters. The Hall–Kier alpha value is -0.830. The molecule has 0 aliphatic carbocycles. The first kappa shape index (κ1) is 15.2. The number of aryl methyl sites for hydroxylation is 1. The Morgan fingerprint density at radius 3 is 2.56 bits per heavy atom. The van der Waals surface area contributed by atoms with Crippen LogP contribution < -0.4 is 4.90 Å². The number of nitrogens with zero attached hydrogens (tertiary/aromatic N) is 1. The molecule has 1 amide bonds. The molecule has 0 aliphatic heterocycles. The summed E-state index contributed by atoms with van der Waals surface area (Å²) < 4.78 is -0.523. The van der Waals surface area contributed by atoms with Gasteiger partial charge in [0.2, 0.25) is 5.91 Å². The zero-order valence-electron chi connectivity index (χ0n) is 11.7. The molecule has 0 heterocycles. The van der Waals surface area contributed by atoms with Crippen molar-refractivity contribution in [2.75, 3.05) is 11.4 Å². The standard InChI is InChI=1S/C15H22BrNO/c1-5-6-10-17(14(18)15(3,4)16)13-9-7-8-12(2)11-13/h7-9,11H,5-6,10H2,1-4H3. The van der Waals surface area contributed by atoms with Gasteiger partial charge in [0, 0.05) is 12.2 Å². The molecule has 0 atom stereocenters. The molecule has 0 spiro atoms. The maximum atomic E-state index is 12.5. The fraction of sp³-hybridized carbons (Fsp3) is 0.533. The van der Waals surface area contributed by atoms with Crippen LogP contribution in [0.2, 0.25) is 0 Å². The Labute approximate surface area is 119 Å². The van der Waals surface area contributed by atoms with E-state index in [0.717, 1.165) is 25.1 Å². The lowest BCUT2D eigenvalue weighted by molar-refractivity contribution is -0.120. The number of hydrogen-bond acceptors (Lipinski definition) is 1. The topological polar surface area (TPSA) is 20.3 Å². The number of hydrogen-bond donors (Lipinski definition) is 0. The summed E-state index contributed by atoms with van der Waals surface area (Å²) in [6.07, 6.45) is 2.10. The Bertz CT molecular complexity index is 409. The van der Waals surface area contributed by atoms with Crippen LogP contribution in [0.5, 0.6) is 0 Å². The van der Waals surface area contributed by atoms with Crippen LogP contribution in [0.3, 0.4) is 0 Å². The van der Waals surface area contributed by atoms with Crippen molar-refractivity contribution in [2.45, 2.75) is 44.9 Å². The molecule has 0 fully saturated rings. The number of carbonyl (C=O) groups excluding carboxylic acids is 1. The van der Waals surface area contributed by atoms with Crippen molar-refractivity contribution in [3.05, 3.63) is 29.8 Å². The number of halogens is 1. The number of rotatable bonds is 5. The quantitative estimate of drug-likeness (QED) is 0.742. The summed E-state index contributed by atoms with van der Waals surface area (Å²) in [5.41, 5.74) is 2.16. The first-order valence-electron chi connectivity index (χ1n) is 6.44. The lowest BCUT2D eigenvalue weighted by Gasteiger charge is -2.28. The largest absolute Gasteiger partial charge is 0.311 e. The molecule has 0 bridgehead atoms. The summed E-state index contributed by atoms with van der Waals surface area (Å²) in [6, 6.07) is 8.11. The van der Waals surface area contributed by atoms with Gasteiger partial charge in [-0.3, -0.25) is 4.79 Å². The van der Waals surface area contributed by atoms with Gasteiger partial charge in [-0.15, -0.1) is 0 Å². The summed E-state index contributed by atoms with van der Waals surface area (Å²) in [4.78, 5) is 14.3. The van der Waals surface area contributed by atoms with Crippen LogP contribution in [0, 0.1) is 6.92 Å². The predicted molar refractivity (Wildman–Crippen MR) is 81.4 cm³/mol. The highest BCUT2D eigenvalue weighted by atomic mass is 79.9. The lowest BCUT2D eigenvalue weighted by atomic mass is 10.1. The maximum Gasteiger partial charge on any atom is 0.243 e. The zero-order chi connectivity index (χ0) is 13.8. The van der Waals surface area contributed by atoms with E-state index >= 15 is 0 Å². The van der Waals surface area contributed by atoms with Crippen molar-refractivity contribution in [1.82, 2.24) is 0 Å². The molecular weight excluding hydrogens is 290 g/mol. The molecule has 0 saturated heterocycles. The molecule has 3 heteroatoms. The van der Waals surface area contributed by atoms with Gasteiger partial charge in [0.1, 0.15) is 0 Å². The van der Waals surface area contributed by atoms with Crippen LogP contribution in [-0.4, -0.2) is 16.8 Å². The van der Waals surface area contributed by atoms with Crippen LogP contribution in [0.25, 0.3) is 0 Å². The number of benzene rings is 1. The summed E-state index contributed by atoms with van der Waals surface area (Å²) in [6.45, 7) is 8.74. The fourth-order valence-electron chi connectivity index (χ4n) is 1.78. The highest BCUT2D eigenvalue weighted by Gasteiger charge is 2.29. The Morgan fingerprint density at radius 1 is 1.39 bits per heavy atom. The molecule has 18 heavy (non-hydrogen) atoms. The van der Waals surface area contributed by atoms with Gasteiger partial charge >= 0.3 is 0 Å². The zero-order valence-corrected chi connectivity index (χ0v) is 13.3. The smallest absolute Gasteiger partial charge is 0.243 e. The second-order valence-electron chi connectivity index (χ2n) is 5.12. The van der Waals surface area contributed by atoms with Crippen LogP contribution in [-0.2, 0) is 4.79 Å². The van der Waals surface area contributed by atoms with Gasteiger partial charge in [-0.1, -0.05) is 41.4 Å². The summed E-state index contributed by atoms with van der Waals surface area (Å²) in [5, 5.41) is 0. The Kier molecular flexibility index (Phi) is 5.39. The second-order valence-corrected chi connectivity index (χ2v) is 7.10. The van der Waals surface area contributed by atoms with E-state index in [1.165, 1.54) is 5.56 Å². The first-order chi connectivity index (χ1) is 8.36. The van der Waals surface area contributed by atoms with Gasteiger partial charge in [0.15, 0.2) is 0 Å². The minimum absolute atomic E-state index is 0.113. The van der Waals surface area contributed by atoms with Gasteiger partial charge in [0.25, 0.3) is 0 Å². The third-order valence-electron chi connectivity index (χ3n) is 2.80. The van der Waals surface area contributed by atoms with E-state index in [1.807, 2.05) is 43.9 Å². The Morgan fingerprint density at radius 2 is 2.06 bits per heavy atom. The van der Waals surface area contributed by atoms with Crippen LogP contribution in [0.15, 0.2) is 24.3 Å². The van der Waals surface area contributed by atoms with Crippen molar-refractivity contribution >= 4 is 27.5 Å². The molecule has 0 aliphatic rings. The maximum absolute atomic E-state index is 12.5. The van der Waals surface area contributed by atoms with Gasteiger partial charge < -0.3 is 4.90 Å². The minimum Gasteiger partial charge on any atom is -0.311 e. The highest BCUT2D eigenvalue weighted by molar-refractivity contribution is 9.10. The van der Waals surface area contributed by atoms with E-state index in [9.17, 15) is 4.79 Å². The SMILES string of the molecule is CCCCN(C(=O)C(C)(C)Br)c1cccc(C)c1. The van der Waals surface area contributed by atoms with Gasteiger partial charge in [-0.05, 0) is 44.9 Å². The normalized spacial score (nSPS) is 11.4. The molecule has 0 radical (unpaired) electrons. The van der Waals surface area contributed by atoms with Gasteiger partial charge in [-0.25, -0.2) is 0 Å². The third kappa shape index (κ3) is 4.13. The molecule has 1 aromatic rings. The molecule has 1 rings (SSSR count). The second kappa shape index (κ2) is 6.37. The van der Waals surface area contributed by atoms with Crippen LogP contribution >= 0.6 is 15.9 Å². The molecule has 0 N–H and O–H groups in total. The molecule has 100 valence electrons. The van der Waals surface area contributed by atoms with E-state index in [2.05, 4.69) is 28.9 Å². The van der Waals surface area contributed by atoms with E-state index in [1.54, 1.807) is 0 Å². The molecule has 2 nitrogen and oxygen atoms in total. The molecule has 1 aromatic carbocycles. The number of alkyl halides is 1. The van der Waals surface area contributed by atoms with Crippen molar-refractivity contribution in [3.63, 3.8) is 0 Å². The molecule has 0 saturated carbocycles. The van der Waals surface area contributed by atoms with Gasteiger partial charge in [0.05, 0.1) is 4.32 Å². The van der Waals surface area contributed by atoms with Crippen molar-refractivity contribution in [3.8, 4) is 0 Å². The first-order valence-corrected chi connectivity index (χ1v) is 7.23. The summed E-state index contributed by atoms with van der Waals surface area (Å²) >= 11 is 3.46. The minimum atomic E-state index is -0.523. The van der Waals surface area contributed by atoms with E-state index in [-0.39, 0.29) is 5.91 Å². The van der Waals surface area contributed by atoms with Gasteiger partial charge in [-0.2, -0.15) is 0 Å². The van der Waals surface area contributed by atoms with E-state index in [4.69, 9.17) is 0 Å². The van der Waals surface area contributed by atoms with Crippen molar-refractivity contribution < 1.29 is 4.79 Å². The number of carbonyl (C=O) groups is 1. The van der Waals surface area contributed by atoms with Crippen molar-refractivity contribution in [2.24, 2.45) is 0 Å². The lowest BCUT2D eigenvalue weighted by Crippen LogP contribution is -2.42. The third-order valence-corrected chi connectivity index (χ3v) is 3.14. The highest BCUT2D eigenvalue weighted by Crippen LogP contribution is 2.25. The average Bonchev–Trinajstić information content (AvgIpc) is 2.28. The average molecular weight is 312 g/mol. The molecule has 0 aromatic heterocycles. The van der Waals surface area contributed by atoms with E-state index < -0.39 is 4.32 Å². The Balaban J connectivity index is 3.02.